The number of carbonyl (C=O) groups is 1. The van der Waals surface area contributed by atoms with E-state index in [1.165, 1.54) is 0 Å². The van der Waals surface area contributed by atoms with Crippen LogP contribution in [-0.4, -0.2) is 26.5 Å². The Balaban J connectivity index is 2.90. The Morgan fingerprint density at radius 2 is 2.06 bits per heavy atom. The molecule has 0 saturated carbocycles. The summed E-state index contributed by atoms with van der Waals surface area (Å²) in [6.45, 7) is 2.53. The van der Waals surface area contributed by atoms with Crippen molar-refractivity contribution in [3.63, 3.8) is 0 Å². The molecule has 0 aromatic heterocycles. The first-order valence-electron chi connectivity index (χ1n) is 6.10. The smallest absolute Gasteiger partial charge is 0.169 e. The van der Waals surface area contributed by atoms with Gasteiger partial charge in [0.1, 0.15) is 11.5 Å². The van der Waals surface area contributed by atoms with Crippen LogP contribution in [0.3, 0.4) is 0 Å². The molecule has 0 heterocycles. The van der Waals surface area contributed by atoms with Crippen molar-refractivity contribution in [3.8, 4) is 11.5 Å². The molecule has 0 bridgehead atoms. The molecule has 1 rings (SSSR count). The highest BCUT2D eigenvalue weighted by Crippen LogP contribution is 2.27. The van der Waals surface area contributed by atoms with Gasteiger partial charge in [-0.2, -0.15) is 0 Å². The van der Waals surface area contributed by atoms with Crippen LogP contribution < -0.4 is 15.2 Å². The third-order valence-electron chi connectivity index (χ3n) is 2.96. The topological polar surface area (TPSA) is 61.5 Å². The lowest BCUT2D eigenvalue weighted by molar-refractivity contribution is 0.0920. The molecule has 1 unspecified atom stereocenters. The van der Waals surface area contributed by atoms with Crippen LogP contribution in [0, 0.1) is 5.92 Å². The number of hydrogen-bond donors (Lipinski definition) is 1. The number of carbonyl (C=O) groups excluding carboxylic acids is 1. The molecule has 0 aliphatic heterocycles. The Morgan fingerprint density at radius 1 is 1.33 bits per heavy atom. The summed E-state index contributed by atoms with van der Waals surface area (Å²) < 4.78 is 10.3. The molecule has 100 valence electrons. The molecule has 0 amide bonds. The Hall–Kier alpha value is -1.55. The van der Waals surface area contributed by atoms with Gasteiger partial charge in [0.05, 0.1) is 19.8 Å². The Bertz CT molecular complexity index is 404. The monoisotopic (exact) mass is 251 g/mol. The lowest BCUT2D eigenvalue weighted by Gasteiger charge is -2.13. The second-order valence-electron chi connectivity index (χ2n) is 4.26. The fourth-order valence-electron chi connectivity index (χ4n) is 1.82. The second-order valence-corrected chi connectivity index (χ2v) is 4.26. The van der Waals surface area contributed by atoms with Crippen molar-refractivity contribution in [1.29, 1.82) is 0 Å². The normalized spacial score (nSPS) is 12.0. The average Bonchev–Trinajstić information content (AvgIpc) is 2.43. The van der Waals surface area contributed by atoms with E-state index in [1.807, 2.05) is 6.92 Å². The number of ketones is 1. The summed E-state index contributed by atoms with van der Waals surface area (Å²) in [6.07, 6.45) is 1.65. The molecule has 0 spiro atoms. The van der Waals surface area contributed by atoms with E-state index in [1.54, 1.807) is 32.4 Å². The van der Waals surface area contributed by atoms with Gasteiger partial charge < -0.3 is 15.2 Å². The SMILES string of the molecule is COc1ccc(C(=O)C(C)CCCN)c(OC)c1. The van der Waals surface area contributed by atoms with Gasteiger partial charge in [-0.15, -0.1) is 0 Å². The second kappa shape index (κ2) is 7.01. The molecule has 1 atom stereocenters. The quantitative estimate of drug-likeness (QED) is 0.755. The fourth-order valence-corrected chi connectivity index (χ4v) is 1.82. The van der Waals surface area contributed by atoms with Gasteiger partial charge in [0, 0.05) is 12.0 Å². The maximum absolute atomic E-state index is 12.3. The Kier molecular flexibility index (Phi) is 5.65. The summed E-state index contributed by atoms with van der Waals surface area (Å²) in [5.74, 6) is 1.27. The third-order valence-corrected chi connectivity index (χ3v) is 2.96. The van der Waals surface area contributed by atoms with Crippen molar-refractivity contribution in [2.75, 3.05) is 20.8 Å². The minimum atomic E-state index is -0.0455. The van der Waals surface area contributed by atoms with Crippen molar-refractivity contribution >= 4 is 5.78 Å². The summed E-state index contributed by atoms with van der Waals surface area (Å²) in [5.41, 5.74) is 6.06. The van der Waals surface area contributed by atoms with E-state index in [9.17, 15) is 4.79 Å². The lowest BCUT2D eigenvalue weighted by atomic mass is 9.94. The highest BCUT2D eigenvalue weighted by atomic mass is 16.5. The summed E-state index contributed by atoms with van der Waals surface area (Å²) in [7, 11) is 3.14. The molecule has 18 heavy (non-hydrogen) atoms. The van der Waals surface area contributed by atoms with Gasteiger partial charge in [0.2, 0.25) is 0 Å². The van der Waals surface area contributed by atoms with E-state index in [0.717, 1.165) is 12.8 Å². The number of hydrogen-bond acceptors (Lipinski definition) is 4. The fraction of sp³-hybridized carbons (Fsp3) is 0.500. The van der Waals surface area contributed by atoms with Crippen molar-refractivity contribution in [1.82, 2.24) is 0 Å². The number of methoxy groups -OCH3 is 2. The van der Waals surface area contributed by atoms with Crippen LogP contribution in [-0.2, 0) is 0 Å². The van der Waals surface area contributed by atoms with Crippen molar-refractivity contribution in [2.24, 2.45) is 11.7 Å². The molecule has 4 heteroatoms. The minimum absolute atomic E-state index is 0.0455. The number of Topliss-reactive ketones (excluding diaryl/α,β-unsaturated/α-hetero) is 1. The number of rotatable bonds is 7. The van der Waals surface area contributed by atoms with Crippen LogP contribution >= 0.6 is 0 Å². The first-order valence-corrected chi connectivity index (χ1v) is 6.10. The van der Waals surface area contributed by atoms with Gasteiger partial charge in [-0.05, 0) is 31.5 Å². The van der Waals surface area contributed by atoms with E-state index in [4.69, 9.17) is 15.2 Å². The van der Waals surface area contributed by atoms with E-state index in [-0.39, 0.29) is 11.7 Å². The van der Waals surface area contributed by atoms with Crippen LogP contribution in [0.25, 0.3) is 0 Å². The van der Waals surface area contributed by atoms with Crippen molar-refractivity contribution in [2.45, 2.75) is 19.8 Å². The molecule has 1 aromatic carbocycles. The van der Waals surface area contributed by atoms with E-state index in [0.29, 0.717) is 23.6 Å². The van der Waals surface area contributed by atoms with E-state index < -0.39 is 0 Å². The predicted octanol–water partition coefficient (Wildman–Crippen LogP) is 2.26. The number of nitrogens with two attached hydrogens (primary N) is 1. The summed E-state index contributed by atoms with van der Waals surface area (Å²) in [6, 6.07) is 5.24. The zero-order valence-electron chi connectivity index (χ0n) is 11.2. The van der Waals surface area contributed by atoms with Gasteiger partial charge in [0.15, 0.2) is 5.78 Å². The average molecular weight is 251 g/mol. The van der Waals surface area contributed by atoms with E-state index >= 15 is 0 Å². The van der Waals surface area contributed by atoms with Gasteiger partial charge in [-0.1, -0.05) is 6.92 Å². The maximum Gasteiger partial charge on any atom is 0.169 e. The Morgan fingerprint density at radius 3 is 2.61 bits per heavy atom. The molecule has 0 aliphatic rings. The molecule has 1 aromatic rings. The minimum Gasteiger partial charge on any atom is -0.497 e. The predicted molar refractivity (Wildman–Crippen MR) is 71.3 cm³/mol. The largest absolute Gasteiger partial charge is 0.497 e. The van der Waals surface area contributed by atoms with Crippen LogP contribution in [0.4, 0.5) is 0 Å². The van der Waals surface area contributed by atoms with Crippen molar-refractivity contribution in [3.05, 3.63) is 23.8 Å². The van der Waals surface area contributed by atoms with Crippen LogP contribution in [0.1, 0.15) is 30.1 Å². The molecular weight excluding hydrogens is 230 g/mol. The lowest BCUT2D eigenvalue weighted by Crippen LogP contribution is -2.14. The van der Waals surface area contributed by atoms with Gasteiger partial charge >= 0.3 is 0 Å². The zero-order valence-corrected chi connectivity index (χ0v) is 11.2. The van der Waals surface area contributed by atoms with E-state index in [2.05, 4.69) is 0 Å². The highest BCUT2D eigenvalue weighted by Gasteiger charge is 2.19. The molecule has 0 aliphatic carbocycles. The number of benzene rings is 1. The molecule has 4 nitrogen and oxygen atoms in total. The van der Waals surface area contributed by atoms with Gasteiger partial charge in [0.25, 0.3) is 0 Å². The summed E-state index contributed by atoms with van der Waals surface area (Å²) >= 11 is 0. The summed E-state index contributed by atoms with van der Waals surface area (Å²) in [4.78, 5) is 12.3. The molecule has 0 radical (unpaired) electrons. The maximum atomic E-state index is 12.3. The van der Waals surface area contributed by atoms with Crippen molar-refractivity contribution < 1.29 is 14.3 Å². The van der Waals surface area contributed by atoms with Gasteiger partial charge in [-0.25, -0.2) is 0 Å². The standard InChI is InChI=1S/C14H21NO3/c1-10(5-4-8-15)14(16)12-7-6-11(17-2)9-13(12)18-3/h6-7,9-10H,4-5,8,15H2,1-3H3. The molecule has 0 saturated heterocycles. The third kappa shape index (κ3) is 3.47. The van der Waals surface area contributed by atoms with Gasteiger partial charge in [-0.3, -0.25) is 4.79 Å². The first kappa shape index (κ1) is 14.5. The molecule has 2 N–H and O–H groups in total. The first-order chi connectivity index (χ1) is 8.63. The summed E-state index contributed by atoms with van der Waals surface area (Å²) in [5, 5.41) is 0. The number of ether oxygens (including phenoxy) is 2. The van der Waals surface area contributed by atoms with Crippen LogP contribution in [0.5, 0.6) is 11.5 Å². The molecular formula is C14H21NO3. The van der Waals surface area contributed by atoms with Crippen LogP contribution in [0.2, 0.25) is 0 Å². The highest BCUT2D eigenvalue weighted by molar-refractivity contribution is 6.00. The molecule has 0 fully saturated rings. The van der Waals surface area contributed by atoms with Crippen LogP contribution in [0.15, 0.2) is 18.2 Å². The zero-order chi connectivity index (χ0) is 13.5. The Labute approximate surface area is 108 Å².